The van der Waals surface area contributed by atoms with Crippen LogP contribution in [0, 0.1) is 11.8 Å². The molecule has 1 aromatic rings. The van der Waals surface area contributed by atoms with Gasteiger partial charge in [-0.2, -0.15) is 0 Å². The van der Waals surface area contributed by atoms with E-state index in [9.17, 15) is 19.5 Å². The number of benzene rings is 1. The molecular weight excluding hydrogens is 568 g/mol. The Morgan fingerprint density at radius 3 is 2.68 bits per heavy atom. The van der Waals surface area contributed by atoms with Crippen LogP contribution in [0.15, 0.2) is 55.6 Å². The molecule has 0 aromatic heterocycles. The maximum atomic E-state index is 14.3. The Kier molecular flexibility index (Phi) is 9.42. The molecular formula is C29H37BrN2O5S. The summed E-state index contributed by atoms with van der Waals surface area (Å²) in [6.07, 6.45) is 6.58. The largest absolute Gasteiger partial charge is 0.465 e. The molecule has 3 saturated heterocycles. The van der Waals surface area contributed by atoms with Crippen LogP contribution in [0.5, 0.6) is 0 Å². The van der Waals surface area contributed by atoms with E-state index in [1.165, 1.54) is 0 Å². The van der Waals surface area contributed by atoms with Gasteiger partial charge in [0, 0.05) is 23.2 Å². The summed E-state index contributed by atoms with van der Waals surface area (Å²) in [7, 11) is 0. The molecule has 2 amide bonds. The number of aliphatic hydroxyl groups excluding tert-OH is 1. The number of carbonyl (C=O) groups excluding carboxylic acids is 3. The lowest BCUT2D eigenvalue weighted by atomic mass is 9.71. The second-order valence-electron chi connectivity index (χ2n) is 10.4. The molecule has 3 fully saturated rings. The van der Waals surface area contributed by atoms with Crippen LogP contribution in [0.1, 0.15) is 38.2 Å². The van der Waals surface area contributed by atoms with Crippen LogP contribution in [0.2, 0.25) is 0 Å². The number of nitrogens with zero attached hydrogens (tertiary/aromatic N) is 2. The van der Waals surface area contributed by atoms with E-state index in [4.69, 9.17) is 4.74 Å². The maximum Gasteiger partial charge on any atom is 0.310 e. The molecule has 3 aliphatic heterocycles. The molecule has 7 atom stereocenters. The van der Waals surface area contributed by atoms with Gasteiger partial charge in [-0.05, 0) is 38.2 Å². The molecule has 38 heavy (non-hydrogen) atoms. The average molecular weight is 606 g/mol. The van der Waals surface area contributed by atoms with Gasteiger partial charge in [0.1, 0.15) is 6.04 Å². The zero-order chi connectivity index (χ0) is 27.4. The highest BCUT2D eigenvalue weighted by molar-refractivity contribution is 9.09. The van der Waals surface area contributed by atoms with Crippen molar-refractivity contribution >= 4 is 45.5 Å². The fourth-order valence-corrected chi connectivity index (χ4v) is 9.78. The summed E-state index contributed by atoms with van der Waals surface area (Å²) in [5.41, 5.74) is 0.975. The summed E-state index contributed by atoms with van der Waals surface area (Å²) in [5.74, 6) is -2.11. The van der Waals surface area contributed by atoms with Crippen molar-refractivity contribution in [3.63, 3.8) is 0 Å². The number of unbranched alkanes of at least 4 members (excludes halogenated alkanes) is 2. The summed E-state index contributed by atoms with van der Waals surface area (Å²) in [5, 5.41) is 9.93. The van der Waals surface area contributed by atoms with Gasteiger partial charge >= 0.3 is 5.97 Å². The summed E-state index contributed by atoms with van der Waals surface area (Å²) in [6.45, 7) is 10.0. The van der Waals surface area contributed by atoms with E-state index in [0.29, 0.717) is 26.1 Å². The van der Waals surface area contributed by atoms with Crippen LogP contribution in [-0.4, -0.2) is 79.4 Å². The SMILES string of the molecule is C=CCCCCOC(=O)[C@H]1[C@H]2C(=O)N([C@H](C)CO)C(C(=O)N(CC=C)Cc3ccccc3)C23CC(Br)[C@@H]1S3. The Morgan fingerprint density at radius 2 is 2.03 bits per heavy atom. The van der Waals surface area contributed by atoms with Gasteiger partial charge in [-0.3, -0.25) is 14.4 Å². The Morgan fingerprint density at radius 1 is 1.29 bits per heavy atom. The van der Waals surface area contributed by atoms with Crippen molar-refractivity contribution in [1.82, 2.24) is 9.80 Å². The highest BCUT2D eigenvalue weighted by atomic mass is 79.9. The number of carbonyl (C=O) groups is 3. The van der Waals surface area contributed by atoms with Gasteiger partial charge in [-0.15, -0.1) is 24.9 Å². The number of thioether (sulfide) groups is 1. The number of esters is 1. The molecule has 206 valence electrons. The zero-order valence-corrected chi connectivity index (χ0v) is 24.2. The van der Waals surface area contributed by atoms with Gasteiger partial charge in [0.05, 0.1) is 35.8 Å². The first-order chi connectivity index (χ1) is 18.3. The Balaban J connectivity index is 1.66. The van der Waals surface area contributed by atoms with E-state index in [1.807, 2.05) is 36.4 Å². The van der Waals surface area contributed by atoms with Crippen molar-refractivity contribution < 1.29 is 24.2 Å². The lowest BCUT2D eigenvalue weighted by molar-refractivity contribution is -0.154. The maximum absolute atomic E-state index is 14.3. The molecule has 0 aliphatic carbocycles. The van der Waals surface area contributed by atoms with Gasteiger partial charge in [0.15, 0.2) is 0 Å². The van der Waals surface area contributed by atoms with E-state index >= 15 is 0 Å². The van der Waals surface area contributed by atoms with Crippen molar-refractivity contribution in [3.05, 3.63) is 61.2 Å². The number of alkyl halides is 1. The monoisotopic (exact) mass is 604 g/mol. The number of likely N-dealkylation sites (tertiary alicyclic amines) is 1. The first-order valence-electron chi connectivity index (χ1n) is 13.3. The molecule has 0 radical (unpaired) electrons. The Bertz CT molecular complexity index is 1050. The third-order valence-corrected chi connectivity index (χ3v) is 11.1. The highest BCUT2D eigenvalue weighted by Crippen LogP contribution is 2.68. The first kappa shape index (κ1) is 28.9. The lowest BCUT2D eigenvalue weighted by Crippen LogP contribution is -2.57. The van der Waals surface area contributed by atoms with Gasteiger partial charge in [0.25, 0.3) is 0 Å². The minimum atomic E-state index is -0.800. The second kappa shape index (κ2) is 12.4. The van der Waals surface area contributed by atoms with Gasteiger partial charge in [-0.1, -0.05) is 58.4 Å². The summed E-state index contributed by atoms with van der Waals surface area (Å²) in [4.78, 5) is 45.0. The van der Waals surface area contributed by atoms with E-state index < -0.39 is 28.7 Å². The van der Waals surface area contributed by atoms with Gasteiger partial charge in [-0.25, -0.2) is 0 Å². The fourth-order valence-electron chi connectivity index (χ4n) is 6.20. The number of aliphatic hydroxyl groups is 1. The summed E-state index contributed by atoms with van der Waals surface area (Å²) < 4.78 is 4.89. The summed E-state index contributed by atoms with van der Waals surface area (Å²) in [6, 6.07) is 8.34. The van der Waals surface area contributed by atoms with Gasteiger partial charge < -0.3 is 19.6 Å². The van der Waals surface area contributed by atoms with Crippen molar-refractivity contribution in [1.29, 1.82) is 0 Å². The number of ether oxygens (including phenoxy) is 1. The normalized spacial score (nSPS) is 30.1. The predicted octanol–water partition coefficient (Wildman–Crippen LogP) is 3.95. The van der Waals surface area contributed by atoms with E-state index in [0.717, 1.165) is 24.8 Å². The number of halogens is 1. The van der Waals surface area contributed by atoms with Crippen molar-refractivity contribution in [2.45, 2.75) is 66.1 Å². The molecule has 3 aliphatic rings. The van der Waals surface area contributed by atoms with Gasteiger partial charge in [0.2, 0.25) is 11.8 Å². The standard InChI is InChI=1S/C29H37BrN2O5S/c1-4-6-7-11-15-37-28(36)22-23-26(34)32(19(3)18-33)25(29(23)16-21(30)24(22)38-29)27(35)31(14-5-2)17-20-12-9-8-10-13-20/h4-5,8-10,12-13,19,21-25,33H,1-2,6-7,11,14-18H2,3H3/t19-,21?,22+,23+,24+,25?,29?/m1/s1. The third-order valence-electron chi connectivity index (χ3n) is 7.90. The molecule has 4 rings (SSSR count). The van der Waals surface area contributed by atoms with Crippen LogP contribution >= 0.6 is 27.7 Å². The molecule has 3 unspecified atom stereocenters. The number of hydrogen-bond acceptors (Lipinski definition) is 6. The number of amides is 2. The number of allylic oxidation sites excluding steroid dienone is 1. The molecule has 1 aromatic carbocycles. The quantitative estimate of drug-likeness (QED) is 0.159. The van der Waals surface area contributed by atoms with E-state index in [1.54, 1.807) is 34.6 Å². The van der Waals surface area contributed by atoms with Crippen molar-refractivity contribution in [3.8, 4) is 0 Å². The fraction of sp³-hybridized carbons (Fsp3) is 0.552. The molecule has 2 bridgehead atoms. The van der Waals surface area contributed by atoms with E-state index in [2.05, 4.69) is 29.1 Å². The minimum Gasteiger partial charge on any atom is -0.465 e. The topological polar surface area (TPSA) is 87.1 Å². The van der Waals surface area contributed by atoms with Crippen LogP contribution in [0.4, 0.5) is 0 Å². The molecule has 0 saturated carbocycles. The van der Waals surface area contributed by atoms with Crippen LogP contribution in [-0.2, 0) is 25.7 Å². The smallest absolute Gasteiger partial charge is 0.310 e. The molecule has 7 nitrogen and oxygen atoms in total. The van der Waals surface area contributed by atoms with Crippen LogP contribution in [0.3, 0.4) is 0 Å². The number of fused-ring (bicyclic) bond motifs is 1. The van der Waals surface area contributed by atoms with Crippen LogP contribution in [0.25, 0.3) is 0 Å². The highest BCUT2D eigenvalue weighted by Gasteiger charge is 2.76. The third kappa shape index (κ3) is 5.21. The lowest BCUT2D eigenvalue weighted by Gasteiger charge is -2.39. The summed E-state index contributed by atoms with van der Waals surface area (Å²) >= 11 is 5.35. The average Bonchev–Trinajstić information content (AvgIpc) is 3.51. The molecule has 3 heterocycles. The first-order valence-corrected chi connectivity index (χ1v) is 15.1. The molecule has 9 heteroatoms. The Hall–Kier alpha value is -2.10. The molecule has 1 spiro atoms. The van der Waals surface area contributed by atoms with Crippen molar-refractivity contribution in [2.24, 2.45) is 11.8 Å². The number of rotatable bonds is 13. The second-order valence-corrected chi connectivity index (χ2v) is 13.1. The predicted molar refractivity (Wildman–Crippen MR) is 153 cm³/mol. The zero-order valence-electron chi connectivity index (χ0n) is 21.8. The number of hydrogen-bond donors (Lipinski definition) is 1. The van der Waals surface area contributed by atoms with Crippen LogP contribution < -0.4 is 0 Å². The minimum absolute atomic E-state index is 0.0310. The van der Waals surface area contributed by atoms with Crippen molar-refractivity contribution in [2.75, 3.05) is 19.8 Å². The molecule has 1 N–H and O–H groups in total. The van der Waals surface area contributed by atoms with E-state index in [-0.39, 0.29) is 34.5 Å². The Labute approximate surface area is 237 Å².